The summed E-state index contributed by atoms with van der Waals surface area (Å²) in [5.74, 6) is -1.09. The smallest absolute Gasteiger partial charge is 0.340 e. The van der Waals surface area contributed by atoms with Gasteiger partial charge in [0.2, 0.25) is 0 Å². The van der Waals surface area contributed by atoms with Crippen molar-refractivity contribution in [2.24, 2.45) is 0 Å². The molecule has 0 fully saturated rings. The van der Waals surface area contributed by atoms with Crippen LogP contribution in [0.4, 0.5) is 0 Å². The van der Waals surface area contributed by atoms with E-state index in [1.165, 1.54) is 14.2 Å². The number of benzene rings is 2. The third kappa shape index (κ3) is 3.51. The number of rotatable bonds is 4. The fourth-order valence-corrected chi connectivity index (χ4v) is 3.30. The van der Waals surface area contributed by atoms with Crippen molar-refractivity contribution >= 4 is 11.9 Å². The highest BCUT2D eigenvalue weighted by molar-refractivity contribution is 6.07. The minimum atomic E-state index is -0.544. The molecule has 5 nitrogen and oxygen atoms in total. The molecule has 0 radical (unpaired) electrons. The number of aromatic nitrogens is 1. The molecule has 5 heteroatoms. The molecule has 142 valence electrons. The molecule has 0 aliphatic heterocycles. The Bertz CT molecular complexity index is 984. The minimum absolute atomic E-state index is 0.265. The molecule has 0 spiro atoms. The molecule has 3 rings (SSSR count). The summed E-state index contributed by atoms with van der Waals surface area (Å²) in [6.45, 7) is 3.45. The summed E-state index contributed by atoms with van der Waals surface area (Å²) < 4.78 is 9.90. The molecule has 2 aromatic carbocycles. The van der Waals surface area contributed by atoms with Crippen LogP contribution in [0.15, 0.2) is 54.6 Å². The minimum Gasteiger partial charge on any atom is -0.465 e. The number of ether oxygens (including phenoxy) is 2. The lowest BCUT2D eigenvalue weighted by atomic mass is 9.91. The largest absolute Gasteiger partial charge is 0.465 e. The Morgan fingerprint density at radius 2 is 1.11 bits per heavy atom. The van der Waals surface area contributed by atoms with E-state index in [2.05, 4.69) is 4.98 Å². The van der Waals surface area contributed by atoms with E-state index in [-0.39, 0.29) is 11.1 Å². The van der Waals surface area contributed by atoms with E-state index in [0.29, 0.717) is 22.5 Å². The van der Waals surface area contributed by atoms with Crippen LogP contribution >= 0.6 is 0 Å². The summed E-state index contributed by atoms with van der Waals surface area (Å²) in [7, 11) is 2.61. The standard InChI is InChI=1S/C23H21NO4/c1-14-19(22(25)27-3)21(20(15(2)24-14)23(26)28-4)18-12-10-17(11-13-18)16-8-6-5-7-9-16/h5-13H,1-4H3. The van der Waals surface area contributed by atoms with Crippen LogP contribution in [-0.4, -0.2) is 31.1 Å². The lowest BCUT2D eigenvalue weighted by molar-refractivity contribution is 0.0599. The third-order valence-electron chi connectivity index (χ3n) is 4.62. The number of hydrogen-bond acceptors (Lipinski definition) is 5. The first-order valence-corrected chi connectivity index (χ1v) is 8.81. The van der Waals surface area contributed by atoms with E-state index in [0.717, 1.165) is 11.1 Å². The van der Waals surface area contributed by atoms with Crippen molar-refractivity contribution in [3.63, 3.8) is 0 Å². The monoisotopic (exact) mass is 375 g/mol. The van der Waals surface area contributed by atoms with Gasteiger partial charge in [0, 0.05) is 5.56 Å². The van der Waals surface area contributed by atoms with Crippen LogP contribution in [0, 0.1) is 13.8 Å². The summed E-state index contributed by atoms with van der Waals surface area (Å²) >= 11 is 0. The van der Waals surface area contributed by atoms with Crippen molar-refractivity contribution in [2.75, 3.05) is 14.2 Å². The zero-order chi connectivity index (χ0) is 20.3. The highest BCUT2D eigenvalue weighted by Crippen LogP contribution is 2.33. The van der Waals surface area contributed by atoms with Gasteiger partial charge in [-0.3, -0.25) is 4.98 Å². The maximum Gasteiger partial charge on any atom is 0.340 e. The van der Waals surface area contributed by atoms with Crippen LogP contribution < -0.4 is 0 Å². The van der Waals surface area contributed by atoms with Crippen molar-refractivity contribution < 1.29 is 19.1 Å². The fourth-order valence-electron chi connectivity index (χ4n) is 3.30. The first-order valence-electron chi connectivity index (χ1n) is 8.81. The van der Waals surface area contributed by atoms with Crippen LogP contribution in [0.5, 0.6) is 0 Å². The summed E-state index contributed by atoms with van der Waals surface area (Å²) in [4.78, 5) is 29.3. The lowest BCUT2D eigenvalue weighted by Crippen LogP contribution is -2.16. The summed E-state index contributed by atoms with van der Waals surface area (Å²) in [6.07, 6.45) is 0. The van der Waals surface area contributed by atoms with Crippen LogP contribution in [0.25, 0.3) is 22.3 Å². The number of methoxy groups -OCH3 is 2. The predicted molar refractivity (Wildman–Crippen MR) is 107 cm³/mol. The van der Waals surface area contributed by atoms with Gasteiger partial charge in [-0.2, -0.15) is 0 Å². The quantitative estimate of drug-likeness (QED) is 0.623. The van der Waals surface area contributed by atoms with Crippen molar-refractivity contribution in [2.45, 2.75) is 13.8 Å². The Hall–Kier alpha value is -3.47. The van der Waals surface area contributed by atoms with E-state index in [4.69, 9.17) is 9.47 Å². The molecular formula is C23H21NO4. The van der Waals surface area contributed by atoms with Gasteiger partial charge >= 0.3 is 11.9 Å². The van der Waals surface area contributed by atoms with Gasteiger partial charge in [-0.25, -0.2) is 9.59 Å². The predicted octanol–water partition coefficient (Wildman–Crippen LogP) is 4.61. The molecule has 1 heterocycles. The Morgan fingerprint density at radius 3 is 1.57 bits per heavy atom. The van der Waals surface area contributed by atoms with Crippen LogP contribution in [0.2, 0.25) is 0 Å². The first kappa shape index (κ1) is 19.3. The molecule has 0 saturated carbocycles. The zero-order valence-electron chi connectivity index (χ0n) is 16.3. The van der Waals surface area contributed by atoms with Gasteiger partial charge in [0.05, 0.1) is 36.7 Å². The van der Waals surface area contributed by atoms with Crippen LogP contribution in [0.1, 0.15) is 32.1 Å². The Labute approximate surface area is 164 Å². The first-order chi connectivity index (χ1) is 13.5. The molecule has 1 aromatic heterocycles. The topological polar surface area (TPSA) is 65.5 Å². The van der Waals surface area contributed by atoms with Crippen molar-refractivity contribution in [3.05, 3.63) is 77.1 Å². The number of hydrogen-bond donors (Lipinski definition) is 0. The maximum absolute atomic E-state index is 12.5. The molecule has 0 N–H and O–H groups in total. The second-order valence-corrected chi connectivity index (χ2v) is 6.33. The van der Waals surface area contributed by atoms with Gasteiger partial charge in [-0.05, 0) is 30.5 Å². The zero-order valence-corrected chi connectivity index (χ0v) is 16.3. The summed E-state index contributed by atoms with van der Waals surface area (Å²) in [6, 6.07) is 17.6. The Kier molecular flexibility index (Phi) is 5.54. The van der Waals surface area contributed by atoms with E-state index in [9.17, 15) is 9.59 Å². The van der Waals surface area contributed by atoms with E-state index in [1.54, 1.807) is 13.8 Å². The number of esters is 2. The highest BCUT2D eigenvalue weighted by atomic mass is 16.5. The van der Waals surface area contributed by atoms with Gasteiger partial charge < -0.3 is 9.47 Å². The number of carbonyl (C=O) groups is 2. The van der Waals surface area contributed by atoms with Gasteiger partial charge in [0.15, 0.2) is 0 Å². The Morgan fingerprint density at radius 1 is 0.679 bits per heavy atom. The number of aryl methyl sites for hydroxylation is 2. The van der Waals surface area contributed by atoms with Gasteiger partial charge in [-0.1, -0.05) is 54.6 Å². The molecule has 0 atom stereocenters. The molecule has 0 unspecified atom stereocenters. The second-order valence-electron chi connectivity index (χ2n) is 6.33. The molecule has 0 amide bonds. The maximum atomic E-state index is 12.5. The Balaban J connectivity index is 2.24. The van der Waals surface area contributed by atoms with Crippen LogP contribution in [-0.2, 0) is 9.47 Å². The number of pyridine rings is 1. The molecule has 0 aliphatic rings. The number of carbonyl (C=O) groups excluding carboxylic acids is 2. The molecule has 0 bridgehead atoms. The average molecular weight is 375 g/mol. The summed E-state index contributed by atoms with van der Waals surface area (Å²) in [5, 5.41) is 0. The average Bonchev–Trinajstić information content (AvgIpc) is 2.73. The van der Waals surface area contributed by atoms with Crippen molar-refractivity contribution in [1.29, 1.82) is 0 Å². The fraction of sp³-hybridized carbons (Fsp3) is 0.174. The highest BCUT2D eigenvalue weighted by Gasteiger charge is 2.27. The number of nitrogens with zero attached hydrogens (tertiary/aromatic N) is 1. The van der Waals surface area contributed by atoms with E-state index >= 15 is 0 Å². The lowest BCUT2D eigenvalue weighted by Gasteiger charge is -2.17. The van der Waals surface area contributed by atoms with Crippen molar-refractivity contribution in [3.8, 4) is 22.3 Å². The molecule has 28 heavy (non-hydrogen) atoms. The second kappa shape index (κ2) is 8.05. The van der Waals surface area contributed by atoms with Gasteiger partial charge in [0.25, 0.3) is 0 Å². The molecule has 3 aromatic rings. The summed E-state index contributed by atoms with van der Waals surface area (Å²) in [5.41, 5.74) is 4.83. The third-order valence-corrected chi connectivity index (χ3v) is 4.62. The van der Waals surface area contributed by atoms with E-state index < -0.39 is 11.9 Å². The van der Waals surface area contributed by atoms with E-state index in [1.807, 2.05) is 54.6 Å². The van der Waals surface area contributed by atoms with Gasteiger partial charge in [0.1, 0.15) is 0 Å². The van der Waals surface area contributed by atoms with Crippen molar-refractivity contribution in [1.82, 2.24) is 4.98 Å². The SMILES string of the molecule is COC(=O)c1c(C)nc(C)c(C(=O)OC)c1-c1ccc(-c2ccccc2)cc1. The van der Waals surface area contributed by atoms with Gasteiger partial charge in [-0.15, -0.1) is 0 Å². The molecular weight excluding hydrogens is 354 g/mol. The normalized spacial score (nSPS) is 10.4. The molecule has 0 aliphatic carbocycles. The van der Waals surface area contributed by atoms with Crippen LogP contribution in [0.3, 0.4) is 0 Å². The molecule has 0 saturated heterocycles.